The zero-order chi connectivity index (χ0) is 23.8. The number of nitrogens with two attached hydrogens (primary N) is 1. The maximum Gasteiger partial charge on any atom is 0.252 e. The minimum absolute atomic E-state index is 0.0488. The molecule has 5 rings (SSSR count). The molecule has 2 atom stereocenters. The lowest BCUT2D eigenvalue weighted by Gasteiger charge is -2.37. The van der Waals surface area contributed by atoms with Crippen molar-refractivity contribution in [2.45, 2.75) is 25.9 Å². The van der Waals surface area contributed by atoms with Crippen LogP contribution in [0.5, 0.6) is 5.75 Å². The number of hydrogen-bond acceptors (Lipinski definition) is 9. The SMILES string of the molecule is CC1COCCN1c1nc(N2CCOCC2C)c2ccc(-c3ccc(O)c(C(N)=O)c3)nc2n1. The van der Waals surface area contributed by atoms with Crippen molar-refractivity contribution in [3.8, 4) is 17.0 Å². The van der Waals surface area contributed by atoms with E-state index in [1.54, 1.807) is 12.1 Å². The third-order valence-electron chi connectivity index (χ3n) is 6.35. The van der Waals surface area contributed by atoms with Crippen molar-refractivity contribution in [1.82, 2.24) is 15.0 Å². The van der Waals surface area contributed by atoms with Crippen LogP contribution < -0.4 is 15.5 Å². The molecule has 2 aliphatic heterocycles. The summed E-state index contributed by atoms with van der Waals surface area (Å²) in [6, 6.07) is 8.82. The normalized spacial score (nSPS) is 21.1. The lowest BCUT2D eigenvalue weighted by Crippen LogP contribution is -2.46. The van der Waals surface area contributed by atoms with E-state index in [1.807, 2.05) is 12.1 Å². The van der Waals surface area contributed by atoms with Gasteiger partial charge in [-0.2, -0.15) is 9.97 Å². The smallest absolute Gasteiger partial charge is 0.252 e. The van der Waals surface area contributed by atoms with Crippen molar-refractivity contribution in [2.24, 2.45) is 5.73 Å². The molecule has 3 aromatic rings. The Morgan fingerprint density at radius 1 is 1.00 bits per heavy atom. The standard InChI is InChI=1S/C24H28N6O4/c1-14-12-33-9-7-29(14)23-17-4-5-19(16-3-6-20(31)18(11-16)21(25)32)26-22(17)27-24(28-23)30-8-10-34-13-15(30)2/h3-6,11,14-15,31H,7-10,12-13H2,1-2H3,(H2,25,32). The molecule has 0 radical (unpaired) electrons. The first kappa shape index (κ1) is 22.3. The molecular formula is C24H28N6O4. The van der Waals surface area contributed by atoms with Gasteiger partial charge in [-0.3, -0.25) is 4.79 Å². The number of morpholine rings is 2. The quantitative estimate of drug-likeness (QED) is 0.595. The Morgan fingerprint density at radius 3 is 2.38 bits per heavy atom. The topological polar surface area (TPSA) is 127 Å². The molecule has 0 spiro atoms. The van der Waals surface area contributed by atoms with Gasteiger partial charge in [-0.25, -0.2) is 4.98 Å². The summed E-state index contributed by atoms with van der Waals surface area (Å²) in [6.07, 6.45) is 0. The largest absolute Gasteiger partial charge is 0.507 e. The van der Waals surface area contributed by atoms with Crippen molar-refractivity contribution >= 4 is 28.7 Å². The number of nitrogens with zero attached hydrogens (tertiary/aromatic N) is 5. The zero-order valence-corrected chi connectivity index (χ0v) is 19.3. The summed E-state index contributed by atoms with van der Waals surface area (Å²) in [5.74, 6) is 0.587. The highest BCUT2D eigenvalue weighted by Crippen LogP contribution is 2.32. The van der Waals surface area contributed by atoms with Crippen molar-refractivity contribution in [3.63, 3.8) is 0 Å². The van der Waals surface area contributed by atoms with Crippen molar-refractivity contribution in [2.75, 3.05) is 49.3 Å². The van der Waals surface area contributed by atoms with Crippen LogP contribution in [0, 0.1) is 0 Å². The Hall–Kier alpha value is -3.50. The first-order valence-corrected chi connectivity index (χ1v) is 11.4. The van der Waals surface area contributed by atoms with Gasteiger partial charge < -0.3 is 30.1 Å². The molecule has 4 heterocycles. The van der Waals surface area contributed by atoms with Crippen LogP contribution in [0.3, 0.4) is 0 Å². The van der Waals surface area contributed by atoms with Gasteiger partial charge >= 0.3 is 0 Å². The number of primary amides is 1. The van der Waals surface area contributed by atoms with E-state index in [-0.39, 0.29) is 23.4 Å². The molecule has 3 N–H and O–H groups in total. The molecule has 2 unspecified atom stereocenters. The monoisotopic (exact) mass is 464 g/mol. The summed E-state index contributed by atoms with van der Waals surface area (Å²) in [5, 5.41) is 10.8. The second-order valence-electron chi connectivity index (χ2n) is 8.75. The predicted molar refractivity (Wildman–Crippen MR) is 128 cm³/mol. The average Bonchev–Trinajstić information content (AvgIpc) is 2.84. The van der Waals surface area contributed by atoms with Crippen LogP contribution >= 0.6 is 0 Å². The highest BCUT2D eigenvalue weighted by atomic mass is 16.5. The third kappa shape index (κ3) is 4.10. The van der Waals surface area contributed by atoms with Crippen LogP contribution in [-0.2, 0) is 9.47 Å². The number of fused-ring (bicyclic) bond motifs is 1. The van der Waals surface area contributed by atoms with Crippen molar-refractivity contribution in [3.05, 3.63) is 35.9 Å². The number of aromatic nitrogens is 3. The number of rotatable bonds is 4. The molecule has 1 aromatic carbocycles. The Balaban J connectivity index is 1.65. The van der Waals surface area contributed by atoms with E-state index in [2.05, 4.69) is 23.6 Å². The molecule has 178 valence electrons. The summed E-state index contributed by atoms with van der Waals surface area (Å²) in [6.45, 7) is 8.13. The van der Waals surface area contributed by atoms with Crippen LogP contribution in [-0.4, -0.2) is 77.6 Å². The first-order chi connectivity index (χ1) is 16.4. The highest BCUT2D eigenvalue weighted by Gasteiger charge is 2.27. The van der Waals surface area contributed by atoms with Gasteiger partial charge in [0.25, 0.3) is 5.91 Å². The van der Waals surface area contributed by atoms with E-state index in [4.69, 9.17) is 30.2 Å². The van der Waals surface area contributed by atoms with Gasteiger partial charge in [-0.15, -0.1) is 0 Å². The maximum absolute atomic E-state index is 11.7. The lowest BCUT2D eigenvalue weighted by atomic mass is 10.1. The van der Waals surface area contributed by atoms with E-state index in [0.29, 0.717) is 55.8 Å². The Kier molecular flexibility index (Phi) is 5.93. The summed E-state index contributed by atoms with van der Waals surface area (Å²) in [5.41, 5.74) is 7.30. The molecule has 34 heavy (non-hydrogen) atoms. The van der Waals surface area contributed by atoms with Gasteiger partial charge in [0.2, 0.25) is 5.95 Å². The van der Waals surface area contributed by atoms with E-state index in [1.165, 1.54) is 6.07 Å². The lowest BCUT2D eigenvalue weighted by molar-refractivity contribution is 0.0973. The second kappa shape index (κ2) is 9.03. The van der Waals surface area contributed by atoms with Crippen LogP contribution in [0.2, 0.25) is 0 Å². The Morgan fingerprint density at radius 2 is 1.71 bits per heavy atom. The maximum atomic E-state index is 11.7. The molecule has 2 fully saturated rings. The second-order valence-corrected chi connectivity index (χ2v) is 8.75. The van der Waals surface area contributed by atoms with Crippen LogP contribution in [0.15, 0.2) is 30.3 Å². The van der Waals surface area contributed by atoms with Crippen LogP contribution in [0.1, 0.15) is 24.2 Å². The summed E-state index contributed by atoms with van der Waals surface area (Å²) in [4.78, 5) is 30.8. The summed E-state index contributed by atoms with van der Waals surface area (Å²) in [7, 11) is 0. The third-order valence-corrected chi connectivity index (χ3v) is 6.35. The predicted octanol–water partition coefficient (Wildman–Crippen LogP) is 1.95. The Labute approximate surface area is 197 Å². The van der Waals surface area contributed by atoms with Gasteiger partial charge in [0, 0.05) is 18.7 Å². The highest BCUT2D eigenvalue weighted by molar-refractivity contribution is 5.97. The number of benzene rings is 1. The van der Waals surface area contributed by atoms with Crippen LogP contribution in [0.25, 0.3) is 22.3 Å². The fourth-order valence-corrected chi connectivity index (χ4v) is 4.45. The number of hydrogen-bond donors (Lipinski definition) is 2. The number of carbonyl (C=O) groups is 1. The number of pyridine rings is 1. The van der Waals surface area contributed by atoms with Gasteiger partial charge in [0.1, 0.15) is 11.6 Å². The van der Waals surface area contributed by atoms with Crippen molar-refractivity contribution < 1.29 is 19.4 Å². The number of ether oxygens (including phenoxy) is 2. The van der Waals surface area contributed by atoms with E-state index in [9.17, 15) is 9.90 Å². The Bertz CT molecular complexity index is 1240. The summed E-state index contributed by atoms with van der Waals surface area (Å²) < 4.78 is 11.2. The number of amides is 1. The average molecular weight is 465 g/mol. The summed E-state index contributed by atoms with van der Waals surface area (Å²) >= 11 is 0. The molecule has 2 aliphatic rings. The first-order valence-electron chi connectivity index (χ1n) is 11.4. The van der Waals surface area contributed by atoms with Gasteiger partial charge in [0.05, 0.1) is 55.2 Å². The molecule has 2 aromatic heterocycles. The molecule has 0 aliphatic carbocycles. The molecule has 2 saturated heterocycles. The van der Waals surface area contributed by atoms with Gasteiger partial charge in [-0.1, -0.05) is 0 Å². The minimum Gasteiger partial charge on any atom is -0.507 e. The molecular weight excluding hydrogens is 436 g/mol. The number of aromatic hydroxyl groups is 1. The molecule has 10 nitrogen and oxygen atoms in total. The van der Waals surface area contributed by atoms with E-state index >= 15 is 0 Å². The van der Waals surface area contributed by atoms with Gasteiger partial charge in [-0.05, 0) is 44.2 Å². The fraction of sp³-hybridized carbons (Fsp3) is 0.417. The molecule has 1 amide bonds. The van der Waals surface area contributed by atoms with Gasteiger partial charge in [0.15, 0.2) is 5.65 Å². The van der Waals surface area contributed by atoms with E-state index in [0.717, 1.165) is 17.7 Å². The molecule has 10 heteroatoms. The van der Waals surface area contributed by atoms with Crippen LogP contribution in [0.4, 0.5) is 11.8 Å². The molecule has 0 bridgehead atoms. The fourth-order valence-electron chi connectivity index (χ4n) is 4.45. The zero-order valence-electron chi connectivity index (χ0n) is 19.3. The number of anilines is 2. The number of carbonyl (C=O) groups excluding carboxylic acids is 1. The minimum atomic E-state index is -0.699. The number of phenols is 1. The van der Waals surface area contributed by atoms with E-state index < -0.39 is 5.91 Å². The van der Waals surface area contributed by atoms with Crippen molar-refractivity contribution in [1.29, 1.82) is 0 Å². The molecule has 0 saturated carbocycles.